The zero-order valence-electron chi connectivity index (χ0n) is 15.6. The number of aromatic nitrogens is 2. The minimum absolute atomic E-state index is 0.153. The topological polar surface area (TPSA) is 77.3 Å². The summed E-state index contributed by atoms with van der Waals surface area (Å²) in [6.07, 6.45) is 7.17. The fourth-order valence-corrected chi connectivity index (χ4v) is 5.99. The number of carbonyl (C=O) groups excluding carboxylic acids is 1. The average Bonchev–Trinajstić information content (AvgIpc) is 3.14. The highest BCUT2D eigenvalue weighted by atomic mass is 16.5. The van der Waals surface area contributed by atoms with Crippen LogP contribution in [-0.2, 0) is 11.3 Å². The van der Waals surface area contributed by atoms with E-state index in [4.69, 9.17) is 9.15 Å². The summed E-state index contributed by atoms with van der Waals surface area (Å²) in [5.41, 5.74) is 0.603. The number of methoxy groups -OCH3 is 1. The lowest BCUT2D eigenvalue weighted by Gasteiger charge is -2.55. The van der Waals surface area contributed by atoms with Crippen molar-refractivity contribution < 1.29 is 13.9 Å². The average molecular weight is 367 g/mol. The van der Waals surface area contributed by atoms with E-state index in [2.05, 4.69) is 15.5 Å². The van der Waals surface area contributed by atoms with Crippen molar-refractivity contribution in [2.24, 2.45) is 23.2 Å². The zero-order valence-corrected chi connectivity index (χ0v) is 15.6. The number of benzene rings is 1. The first-order valence-corrected chi connectivity index (χ1v) is 9.89. The number of hydrogen-bond acceptors (Lipinski definition) is 5. The van der Waals surface area contributed by atoms with Gasteiger partial charge in [0.25, 0.3) is 5.89 Å². The molecule has 4 fully saturated rings. The van der Waals surface area contributed by atoms with E-state index in [1.165, 1.54) is 19.3 Å². The summed E-state index contributed by atoms with van der Waals surface area (Å²) in [6.45, 7) is 0.280. The Morgan fingerprint density at radius 3 is 2.48 bits per heavy atom. The van der Waals surface area contributed by atoms with Crippen LogP contribution in [-0.4, -0.2) is 23.2 Å². The van der Waals surface area contributed by atoms with Gasteiger partial charge in [0.2, 0.25) is 11.8 Å². The SMILES string of the molecule is COc1ccccc1-c1nnc(CNC(=O)C23CC4CC(CC(C4)C2)C3)o1. The van der Waals surface area contributed by atoms with Gasteiger partial charge < -0.3 is 14.5 Å². The van der Waals surface area contributed by atoms with Crippen molar-refractivity contribution in [3.05, 3.63) is 30.2 Å². The van der Waals surface area contributed by atoms with E-state index >= 15 is 0 Å². The van der Waals surface area contributed by atoms with E-state index in [0.29, 0.717) is 17.5 Å². The van der Waals surface area contributed by atoms with Crippen LogP contribution in [0.25, 0.3) is 11.5 Å². The van der Waals surface area contributed by atoms with E-state index < -0.39 is 0 Å². The molecule has 6 nitrogen and oxygen atoms in total. The van der Waals surface area contributed by atoms with Gasteiger partial charge in [-0.05, 0) is 68.4 Å². The summed E-state index contributed by atoms with van der Waals surface area (Å²) >= 11 is 0. The molecule has 0 atom stereocenters. The normalized spacial score (nSPS) is 31.1. The highest BCUT2D eigenvalue weighted by molar-refractivity contribution is 5.83. The van der Waals surface area contributed by atoms with Crippen molar-refractivity contribution in [3.63, 3.8) is 0 Å². The number of hydrogen-bond donors (Lipinski definition) is 1. The van der Waals surface area contributed by atoms with Gasteiger partial charge >= 0.3 is 0 Å². The second-order valence-electron chi connectivity index (χ2n) is 8.58. The molecule has 1 heterocycles. The van der Waals surface area contributed by atoms with E-state index in [1.54, 1.807) is 7.11 Å². The Hall–Kier alpha value is -2.37. The van der Waals surface area contributed by atoms with Gasteiger partial charge in [0.1, 0.15) is 5.75 Å². The fourth-order valence-electron chi connectivity index (χ4n) is 5.99. The Morgan fingerprint density at radius 2 is 1.81 bits per heavy atom. The van der Waals surface area contributed by atoms with Crippen LogP contribution in [0.4, 0.5) is 0 Å². The van der Waals surface area contributed by atoms with Crippen molar-refractivity contribution in [1.82, 2.24) is 15.5 Å². The summed E-state index contributed by atoms with van der Waals surface area (Å²) in [7, 11) is 1.61. The first-order chi connectivity index (χ1) is 13.1. The maximum absolute atomic E-state index is 13.0. The van der Waals surface area contributed by atoms with Gasteiger partial charge in [-0.25, -0.2) is 0 Å². The third-order valence-corrected chi connectivity index (χ3v) is 6.72. The maximum Gasteiger partial charge on any atom is 0.251 e. The first kappa shape index (κ1) is 16.8. The van der Waals surface area contributed by atoms with Crippen LogP contribution < -0.4 is 10.1 Å². The van der Waals surface area contributed by atoms with Gasteiger partial charge in [0, 0.05) is 5.41 Å². The Balaban J connectivity index is 1.27. The highest BCUT2D eigenvalue weighted by Crippen LogP contribution is 2.60. The fraction of sp³-hybridized carbons (Fsp3) is 0.571. The summed E-state index contributed by atoms with van der Waals surface area (Å²) in [5, 5.41) is 11.3. The number of ether oxygens (including phenoxy) is 1. The molecule has 4 bridgehead atoms. The van der Waals surface area contributed by atoms with E-state index in [0.717, 1.165) is 42.6 Å². The molecule has 0 aliphatic heterocycles. The van der Waals surface area contributed by atoms with Crippen LogP contribution in [0.5, 0.6) is 5.75 Å². The van der Waals surface area contributed by atoms with E-state index in [1.807, 2.05) is 24.3 Å². The third kappa shape index (κ3) is 2.91. The van der Waals surface area contributed by atoms with Gasteiger partial charge in [0.15, 0.2) is 0 Å². The molecule has 142 valence electrons. The quantitative estimate of drug-likeness (QED) is 0.874. The van der Waals surface area contributed by atoms with Crippen molar-refractivity contribution >= 4 is 5.91 Å². The van der Waals surface area contributed by atoms with Gasteiger partial charge in [-0.15, -0.1) is 10.2 Å². The second-order valence-corrected chi connectivity index (χ2v) is 8.58. The smallest absolute Gasteiger partial charge is 0.251 e. The van der Waals surface area contributed by atoms with Crippen molar-refractivity contribution in [3.8, 4) is 17.2 Å². The number of para-hydroxylation sites is 1. The molecule has 0 saturated heterocycles. The largest absolute Gasteiger partial charge is 0.496 e. The lowest BCUT2D eigenvalue weighted by Crippen LogP contribution is -2.53. The predicted octanol–water partition coefficient (Wildman–Crippen LogP) is 3.58. The second kappa shape index (κ2) is 6.36. The number of rotatable bonds is 5. The van der Waals surface area contributed by atoms with Crippen LogP contribution in [0.3, 0.4) is 0 Å². The summed E-state index contributed by atoms with van der Waals surface area (Å²) in [5.74, 6) is 3.96. The summed E-state index contributed by atoms with van der Waals surface area (Å²) < 4.78 is 11.1. The molecule has 1 amide bonds. The molecule has 0 radical (unpaired) electrons. The molecule has 6 heteroatoms. The number of nitrogens with one attached hydrogen (secondary N) is 1. The van der Waals surface area contributed by atoms with Crippen LogP contribution in [0, 0.1) is 23.2 Å². The van der Waals surface area contributed by atoms with Crippen LogP contribution in [0.1, 0.15) is 44.4 Å². The Labute approximate surface area is 158 Å². The first-order valence-electron chi connectivity index (χ1n) is 9.89. The molecule has 0 unspecified atom stereocenters. The van der Waals surface area contributed by atoms with E-state index in [9.17, 15) is 4.79 Å². The molecule has 4 aliphatic rings. The lowest BCUT2D eigenvalue weighted by molar-refractivity contribution is -0.146. The number of amides is 1. The van der Waals surface area contributed by atoms with Crippen molar-refractivity contribution in [2.75, 3.05) is 7.11 Å². The monoisotopic (exact) mass is 367 g/mol. The molecule has 6 rings (SSSR count). The predicted molar refractivity (Wildman–Crippen MR) is 98.7 cm³/mol. The van der Waals surface area contributed by atoms with Gasteiger partial charge in [-0.2, -0.15) is 0 Å². The minimum Gasteiger partial charge on any atom is -0.496 e. The molecule has 0 spiro atoms. The minimum atomic E-state index is -0.153. The molecular formula is C21H25N3O3. The molecule has 1 aromatic heterocycles. The molecule has 1 N–H and O–H groups in total. The van der Waals surface area contributed by atoms with Gasteiger partial charge in [0.05, 0.1) is 19.2 Å². The third-order valence-electron chi connectivity index (χ3n) is 6.72. The number of nitrogens with zero attached hydrogens (tertiary/aromatic N) is 2. The molecular weight excluding hydrogens is 342 g/mol. The summed E-state index contributed by atoms with van der Waals surface area (Å²) in [4.78, 5) is 13.0. The summed E-state index contributed by atoms with van der Waals surface area (Å²) in [6, 6.07) is 7.53. The Bertz CT molecular complexity index is 825. The molecule has 1 aromatic carbocycles. The zero-order chi connectivity index (χ0) is 18.4. The molecule has 4 saturated carbocycles. The number of carbonyl (C=O) groups is 1. The Morgan fingerprint density at radius 1 is 1.15 bits per heavy atom. The van der Waals surface area contributed by atoms with Crippen molar-refractivity contribution in [2.45, 2.75) is 45.1 Å². The molecule has 2 aromatic rings. The standard InChI is InChI=1S/C21H25N3O3/c1-26-17-5-3-2-4-16(17)19-24-23-18(27-19)12-22-20(25)21-9-13-6-14(10-21)8-15(7-13)11-21/h2-5,13-15H,6-12H2,1H3,(H,22,25). The van der Waals surface area contributed by atoms with Gasteiger partial charge in [-0.3, -0.25) is 4.79 Å². The molecule has 4 aliphatic carbocycles. The maximum atomic E-state index is 13.0. The van der Waals surface area contributed by atoms with Crippen LogP contribution >= 0.6 is 0 Å². The highest BCUT2D eigenvalue weighted by Gasteiger charge is 2.54. The van der Waals surface area contributed by atoms with E-state index in [-0.39, 0.29) is 17.9 Å². The Kier molecular flexibility index (Phi) is 3.95. The van der Waals surface area contributed by atoms with Gasteiger partial charge in [-0.1, -0.05) is 12.1 Å². The molecule has 27 heavy (non-hydrogen) atoms. The lowest BCUT2D eigenvalue weighted by atomic mass is 9.49. The van der Waals surface area contributed by atoms with Crippen molar-refractivity contribution in [1.29, 1.82) is 0 Å². The van der Waals surface area contributed by atoms with Crippen LogP contribution in [0.2, 0.25) is 0 Å². The van der Waals surface area contributed by atoms with Crippen LogP contribution in [0.15, 0.2) is 28.7 Å².